The van der Waals surface area contributed by atoms with Crippen LogP contribution in [0.5, 0.6) is 11.5 Å². The Kier molecular flexibility index (Phi) is 5.01. The summed E-state index contributed by atoms with van der Waals surface area (Å²) >= 11 is 0. The van der Waals surface area contributed by atoms with Gasteiger partial charge in [-0.2, -0.15) is 0 Å². The van der Waals surface area contributed by atoms with Gasteiger partial charge in [0.25, 0.3) is 0 Å². The molecule has 3 aromatic rings. The standard InChI is InChI=1S/C16H14O2.Rb/c1-17-15-11-7-3-5-9-13(11)16(18-2)14-10-6-4-8-12(14)15;/h3-10H,1-2H3;. The van der Waals surface area contributed by atoms with Gasteiger partial charge in [0.05, 0.1) is 14.2 Å². The minimum absolute atomic E-state index is 0. The fourth-order valence-electron chi connectivity index (χ4n) is 2.49. The molecule has 0 N–H and O–H groups in total. The summed E-state index contributed by atoms with van der Waals surface area (Å²) < 4.78 is 11.2. The summed E-state index contributed by atoms with van der Waals surface area (Å²) in [6.07, 6.45) is 0. The molecule has 19 heavy (non-hydrogen) atoms. The summed E-state index contributed by atoms with van der Waals surface area (Å²) in [5.41, 5.74) is 0. The van der Waals surface area contributed by atoms with Gasteiger partial charge in [-0.25, -0.2) is 0 Å². The summed E-state index contributed by atoms with van der Waals surface area (Å²) in [7, 11) is 3.42. The third kappa shape index (κ3) is 2.47. The molecule has 0 unspecified atom stereocenters. The Morgan fingerprint density at radius 3 is 1.05 bits per heavy atom. The average Bonchev–Trinajstić information content (AvgIpc) is 2.44. The van der Waals surface area contributed by atoms with E-state index in [-0.39, 0.29) is 58.2 Å². The van der Waals surface area contributed by atoms with E-state index >= 15 is 0 Å². The molecular weight excluding hydrogens is 310 g/mol. The maximum Gasteiger partial charge on any atom is 0.134 e. The number of hydrogen-bond donors (Lipinski definition) is 0. The van der Waals surface area contributed by atoms with Crippen molar-refractivity contribution in [2.24, 2.45) is 0 Å². The maximum absolute atomic E-state index is 5.58. The Morgan fingerprint density at radius 1 is 0.579 bits per heavy atom. The Balaban J connectivity index is 0.00000133. The van der Waals surface area contributed by atoms with Crippen molar-refractivity contribution in [2.45, 2.75) is 0 Å². The number of ether oxygens (including phenoxy) is 2. The smallest absolute Gasteiger partial charge is 0.134 e. The van der Waals surface area contributed by atoms with E-state index in [1.807, 2.05) is 24.3 Å². The van der Waals surface area contributed by atoms with Crippen LogP contribution in [0.4, 0.5) is 0 Å². The fraction of sp³-hybridized carbons (Fsp3) is 0.125. The van der Waals surface area contributed by atoms with Gasteiger partial charge in [-0.15, -0.1) is 0 Å². The summed E-state index contributed by atoms with van der Waals surface area (Å²) in [5, 5.41) is 4.32. The van der Waals surface area contributed by atoms with Crippen molar-refractivity contribution >= 4 is 79.7 Å². The van der Waals surface area contributed by atoms with E-state index in [9.17, 15) is 0 Å². The van der Waals surface area contributed by atoms with Gasteiger partial charge < -0.3 is 9.47 Å². The maximum atomic E-state index is 5.58. The van der Waals surface area contributed by atoms with E-state index in [2.05, 4.69) is 24.3 Å². The van der Waals surface area contributed by atoms with Crippen LogP contribution < -0.4 is 9.47 Å². The van der Waals surface area contributed by atoms with Gasteiger partial charge in [0.1, 0.15) is 11.5 Å². The molecule has 91 valence electrons. The van der Waals surface area contributed by atoms with Gasteiger partial charge in [0.2, 0.25) is 0 Å². The van der Waals surface area contributed by atoms with Gasteiger partial charge >= 0.3 is 0 Å². The molecule has 0 heterocycles. The van der Waals surface area contributed by atoms with E-state index in [0.29, 0.717) is 0 Å². The molecule has 0 atom stereocenters. The number of hydrogen-bond acceptors (Lipinski definition) is 2. The Labute approximate surface area is 161 Å². The van der Waals surface area contributed by atoms with Crippen LogP contribution in [0.15, 0.2) is 48.5 Å². The van der Waals surface area contributed by atoms with Crippen LogP contribution in [0.2, 0.25) is 0 Å². The molecule has 0 fully saturated rings. The first-order valence-corrected chi connectivity index (χ1v) is 5.88. The normalized spacial score (nSPS) is 10.2. The second-order valence-electron chi connectivity index (χ2n) is 4.16. The first-order chi connectivity index (χ1) is 8.86. The monoisotopic (exact) mass is 323 g/mol. The molecule has 0 amide bonds. The van der Waals surface area contributed by atoms with Crippen LogP contribution in [0.25, 0.3) is 21.5 Å². The molecule has 0 aliphatic rings. The molecule has 0 saturated heterocycles. The van der Waals surface area contributed by atoms with E-state index in [1.54, 1.807) is 14.2 Å². The summed E-state index contributed by atoms with van der Waals surface area (Å²) in [5.74, 6) is 1.81. The van der Waals surface area contributed by atoms with E-state index in [0.717, 1.165) is 33.0 Å². The molecular formula is C16H14O2Rb. The van der Waals surface area contributed by atoms with Crippen molar-refractivity contribution in [2.75, 3.05) is 14.2 Å². The van der Waals surface area contributed by atoms with Crippen molar-refractivity contribution in [1.29, 1.82) is 0 Å². The zero-order chi connectivity index (χ0) is 12.5. The minimum Gasteiger partial charge on any atom is -0.495 e. The molecule has 2 nitrogen and oxygen atoms in total. The van der Waals surface area contributed by atoms with E-state index in [1.165, 1.54) is 0 Å². The molecule has 3 heteroatoms. The molecule has 0 aliphatic carbocycles. The molecule has 3 aromatic carbocycles. The van der Waals surface area contributed by atoms with Crippen molar-refractivity contribution < 1.29 is 9.47 Å². The molecule has 0 spiro atoms. The first-order valence-electron chi connectivity index (χ1n) is 5.88. The van der Waals surface area contributed by atoms with Gasteiger partial charge in [-0.3, -0.25) is 0 Å². The molecule has 0 aliphatic heterocycles. The molecule has 0 aromatic heterocycles. The van der Waals surface area contributed by atoms with E-state index in [4.69, 9.17) is 9.47 Å². The second kappa shape index (κ2) is 6.36. The van der Waals surface area contributed by atoms with Crippen LogP contribution in [-0.2, 0) is 0 Å². The topological polar surface area (TPSA) is 18.5 Å². The van der Waals surface area contributed by atoms with Crippen molar-refractivity contribution in [3.63, 3.8) is 0 Å². The van der Waals surface area contributed by atoms with Gasteiger partial charge in [0, 0.05) is 79.7 Å². The van der Waals surface area contributed by atoms with Gasteiger partial charge in [-0.05, 0) is 0 Å². The number of benzene rings is 3. The van der Waals surface area contributed by atoms with Crippen molar-refractivity contribution in [1.82, 2.24) is 0 Å². The predicted octanol–water partition coefficient (Wildman–Crippen LogP) is 3.63. The number of fused-ring (bicyclic) bond motifs is 2. The van der Waals surface area contributed by atoms with Gasteiger partial charge in [-0.1, -0.05) is 48.5 Å². The van der Waals surface area contributed by atoms with E-state index < -0.39 is 0 Å². The van der Waals surface area contributed by atoms with Crippen LogP contribution in [0.3, 0.4) is 0 Å². The molecule has 0 bridgehead atoms. The van der Waals surface area contributed by atoms with Crippen LogP contribution >= 0.6 is 0 Å². The van der Waals surface area contributed by atoms with Crippen LogP contribution in [-0.4, -0.2) is 72.4 Å². The number of rotatable bonds is 2. The predicted molar refractivity (Wildman–Crippen MR) is 80.3 cm³/mol. The zero-order valence-electron chi connectivity index (χ0n) is 11.4. The van der Waals surface area contributed by atoms with Gasteiger partial charge in [0.15, 0.2) is 0 Å². The molecule has 0 saturated carbocycles. The molecule has 1 radical (unpaired) electrons. The minimum atomic E-state index is 0. The summed E-state index contributed by atoms with van der Waals surface area (Å²) in [4.78, 5) is 0. The number of methoxy groups -OCH3 is 2. The summed E-state index contributed by atoms with van der Waals surface area (Å²) in [6.45, 7) is 0. The Hall–Kier alpha value is -0.415. The third-order valence-electron chi connectivity index (χ3n) is 3.24. The Bertz CT molecular complexity index is 603. The van der Waals surface area contributed by atoms with Crippen molar-refractivity contribution in [3.05, 3.63) is 48.5 Å². The summed E-state index contributed by atoms with van der Waals surface area (Å²) in [6, 6.07) is 16.3. The van der Waals surface area contributed by atoms with Crippen LogP contribution in [0, 0.1) is 0 Å². The average molecular weight is 324 g/mol. The van der Waals surface area contributed by atoms with Crippen molar-refractivity contribution in [3.8, 4) is 11.5 Å². The zero-order valence-corrected chi connectivity index (χ0v) is 16.4. The molecule has 3 rings (SSSR count). The third-order valence-corrected chi connectivity index (χ3v) is 3.24. The largest absolute Gasteiger partial charge is 0.495 e. The first kappa shape index (κ1) is 15.0. The van der Waals surface area contributed by atoms with Crippen LogP contribution in [0.1, 0.15) is 0 Å². The fourth-order valence-corrected chi connectivity index (χ4v) is 2.49. The Morgan fingerprint density at radius 2 is 0.842 bits per heavy atom. The SMILES string of the molecule is COc1c2ccccc2c(OC)c2ccccc12.[Rb]. The second-order valence-corrected chi connectivity index (χ2v) is 4.16. The quantitative estimate of drug-likeness (QED) is 0.671.